The molecule has 1 unspecified atom stereocenters. The fourth-order valence-electron chi connectivity index (χ4n) is 3.76. The summed E-state index contributed by atoms with van der Waals surface area (Å²) in [6.07, 6.45) is 6.61. The number of rotatable bonds is 4. The van der Waals surface area contributed by atoms with Crippen LogP contribution in [0.25, 0.3) is 0 Å². The molecule has 5 nitrogen and oxygen atoms in total. The van der Waals surface area contributed by atoms with E-state index in [0.29, 0.717) is 12.8 Å². The van der Waals surface area contributed by atoms with Crippen molar-refractivity contribution in [2.24, 2.45) is 5.92 Å². The Labute approximate surface area is 158 Å². The van der Waals surface area contributed by atoms with E-state index in [0.717, 1.165) is 25.7 Å². The lowest BCUT2D eigenvalue weighted by Gasteiger charge is -2.32. The van der Waals surface area contributed by atoms with Gasteiger partial charge in [-0.3, -0.25) is 4.79 Å². The number of benzene rings is 1. The van der Waals surface area contributed by atoms with E-state index in [-0.39, 0.29) is 30.1 Å². The third kappa shape index (κ3) is 4.21. The summed E-state index contributed by atoms with van der Waals surface area (Å²) in [6.45, 7) is 0.355. The first kappa shape index (κ1) is 19.6. The van der Waals surface area contributed by atoms with Crippen LogP contribution in [0.4, 0.5) is 4.39 Å². The Balaban J connectivity index is 1.71. The van der Waals surface area contributed by atoms with E-state index < -0.39 is 26.7 Å². The molecule has 0 spiro atoms. The van der Waals surface area contributed by atoms with Crippen LogP contribution in [-0.2, 0) is 14.8 Å². The molecule has 1 aromatic carbocycles. The maximum atomic E-state index is 14.2. The highest BCUT2D eigenvalue weighted by Crippen LogP contribution is 2.28. The molecule has 1 atom stereocenters. The Morgan fingerprint density at radius 3 is 2.62 bits per heavy atom. The monoisotopic (exact) mass is 402 g/mol. The van der Waals surface area contributed by atoms with Gasteiger partial charge in [0.15, 0.2) is 5.82 Å². The van der Waals surface area contributed by atoms with Gasteiger partial charge in [-0.2, -0.15) is 4.31 Å². The number of piperidine rings is 1. The van der Waals surface area contributed by atoms with Crippen molar-refractivity contribution in [2.75, 3.05) is 13.1 Å². The van der Waals surface area contributed by atoms with Gasteiger partial charge in [0.1, 0.15) is 4.90 Å². The van der Waals surface area contributed by atoms with E-state index in [9.17, 15) is 17.6 Å². The highest BCUT2D eigenvalue weighted by Gasteiger charge is 2.35. The molecule has 1 aliphatic carbocycles. The fraction of sp³-hybridized carbons (Fsp3) is 0.611. The van der Waals surface area contributed by atoms with Gasteiger partial charge < -0.3 is 5.32 Å². The Morgan fingerprint density at radius 2 is 1.88 bits per heavy atom. The zero-order valence-corrected chi connectivity index (χ0v) is 16.2. The molecule has 1 saturated carbocycles. The van der Waals surface area contributed by atoms with Crippen LogP contribution >= 0.6 is 11.6 Å². The topological polar surface area (TPSA) is 66.5 Å². The molecule has 1 N–H and O–H groups in total. The maximum absolute atomic E-state index is 14.2. The second kappa shape index (κ2) is 8.23. The summed E-state index contributed by atoms with van der Waals surface area (Å²) in [5, 5.41) is 2.84. The Hall–Kier alpha value is -1.18. The quantitative estimate of drug-likeness (QED) is 0.840. The van der Waals surface area contributed by atoms with Crippen molar-refractivity contribution < 1.29 is 17.6 Å². The van der Waals surface area contributed by atoms with Crippen molar-refractivity contribution in [1.82, 2.24) is 9.62 Å². The van der Waals surface area contributed by atoms with Gasteiger partial charge in [0.05, 0.1) is 10.9 Å². The van der Waals surface area contributed by atoms with Gasteiger partial charge in [-0.1, -0.05) is 36.9 Å². The van der Waals surface area contributed by atoms with Gasteiger partial charge in [-0.15, -0.1) is 0 Å². The molecule has 8 heteroatoms. The number of sulfonamides is 1. The maximum Gasteiger partial charge on any atom is 0.246 e. The number of nitrogens with zero attached hydrogens (tertiary/aromatic N) is 1. The molecule has 0 aromatic heterocycles. The predicted octanol–water partition coefficient (Wildman–Crippen LogP) is 3.33. The Kier molecular flexibility index (Phi) is 6.20. The van der Waals surface area contributed by atoms with E-state index in [1.807, 2.05) is 0 Å². The van der Waals surface area contributed by atoms with Crippen LogP contribution in [0.1, 0.15) is 44.9 Å². The Bertz CT molecular complexity index is 766. The summed E-state index contributed by atoms with van der Waals surface area (Å²) in [6, 6.07) is 4.12. The van der Waals surface area contributed by atoms with Crippen molar-refractivity contribution >= 4 is 27.5 Å². The summed E-state index contributed by atoms with van der Waals surface area (Å²) in [5.74, 6) is -1.44. The van der Waals surface area contributed by atoms with Crippen LogP contribution in [0.2, 0.25) is 5.02 Å². The molecule has 2 fully saturated rings. The summed E-state index contributed by atoms with van der Waals surface area (Å²) >= 11 is 5.72. The minimum absolute atomic E-state index is 0.0762. The summed E-state index contributed by atoms with van der Waals surface area (Å²) < 4.78 is 41.0. The lowest BCUT2D eigenvalue weighted by atomic mass is 9.93. The van der Waals surface area contributed by atoms with Crippen molar-refractivity contribution in [1.29, 1.82) is 0 Å². The van der Waals surface area contributed by atoms with Gasteiger partial charge in [0.2, 0.25) is 15.9 Å². The molecule has 26 heavy (non-hydrogen) atoms. The molecule has 144 valence electrons. The minimum atomic E-state index is -4.02. The number of nitrogens with one attached hydrogen (secondary N) is 1. The smallest absolute Gasteiger partial charge is 0.246 e. The highest BCUT2D eigenvalue weighted by atomic mass is 35.5. The average molecular weight is 403 g/mol. The van der Waals surface area contributed by atoms with E-state index in [2.05, 4.69) is 5.32 Å². The van der Waals surface area contributed by atoms with Gasteiger partial charge >= 0.3 is 0 Å². The predicted molar refractivity (Wildman–Crippen MR) is 97.9 cm³/mol. The SMILES string of the molecule is O=C(NC1CCCCC1)C1CCCN(S(=O)(=O)c2cccc(Cl)c2F)C1. The second-order valence-corrected chi connectivity index (χ2v) is 9.41. The molecule has 0 radical (unpaired) electrons. The lowest BCUT2D eigenvalue weighted by Crippen LogP contribution is -2.48. The fourth-order valence-corrected chi connectivity index (χ4v) is 5.60. The number of hydrogen-bond acceptors (Lipinski definition) is 3. The molecule has 1 heterocycles. The van der Waals surface area contributed by atoms with Crippen molar-refractivity contribution in [3.63, 3.8) is 0 Å². The Morgan fingerprint density at radius 1 is 1.15 bits per heavy atom. The van der Waals surface area contributed by atoms with E-state index in [1.54, 1.807) is 0 Å². The first-order chi connectivity index (χ1) is 12.4. The third-order valence-corrected chi connectivity index (χ3v) is 7.41. The zero-order valence-electron chi connectivity index (χ0n) is 14.6. The van der Waals surface area contributed by atoms with Crippen molar-refractivity contribution in [3.8, 4) is 0 Å². The summed E-state index contributed by atoms with van der Waals surface area (Å²) in [7, 11) is -4.02. The first-order valence-corrected chi connectivity index (χ1v) is 11.0. The van der Waals surface area contributed by atoms with Crippen LogP contribution in [0.5, 0.6) is 0 Å². The van der Waals surface area contributed by atoms with E-state index in [4.69, 9.17) is 11.6 Å². The van der Waals surface area contributed by atoms with Gasteiger partial charge in [-0.25, -0.2) is 12.8 Å². The van der Waals surface area contributed by atoms with Gasteiger partial charge in [0.25, 0.3) is 0 Å². The molecule has 1 saturated heterocycles. The average Bonchev–Trinajstić information content (AvgIpc) is 2.64. The van der Waals surface area contributed by atoms with Crippen molar-refractivity contribution in [2.45, 2.75) is 55.9 Å². The second-order valence-electron chi connectivity index (χ2n) is 7.10. The molecular weight excluding hydrogens is 379 g/mol. The van der Waals surface area contributed by atoms with Gasteiger partial charge in [0, 0.05) is 19.1 Å². The standard InChI is InChI=1S/C18H24ClFN2O3S/c19-15-9-4-10-16(17(15)20)26(24,25)22-11-5-6-13(12-22)18(23)21-14-7-2-1-3-8-14/h4,9-10,13-14H,1-3,5-8,11-12H2,(H,21,23). The molecule has 2 aliphatic rings. The number of carbonyl (C=O) groups excluding carboxylic acids is 1. The molecule has 0 bridgehead atoms. The van der Waals surface area contributed by atoms with Crippen LogP contribution in [0.3, 0.4) is 0 Å². The van der Waals surface area contributed by atoms with Crippen molar-refractivity contribution in [3.05, 3.63) is 29.0 Å². The molecule has 1 amide bonds. The van der Waals surface area contributed by atoms with E-state index >= 15 is 0 Å². The number of halogens is 2. The molecule has 1 aromatic rings. The lowest BCUT2D eigenvalue weighted by molar-refractivity contribution is -0.127. The number of hydrogen-bond donors (Lipinski definition) is 1. The highest BCUT2D eigenvalue weighted by molar-refractivity contribution is 7.89. The van der Waals surface area contributed by atoms with Crippen LogP contribution in [0.15, 0.2) is 23.1 Å². The largest absolute Gasteiger partial charge is 0.353 e. The summed E-state index contributed by atoms with van der Waals surface area (Å²) in [4.78, 5) is 12.1. The first-order valence-electron chi connectivity index (χ1n) is 9.14. The number of amides is 1. The zero-order chi connectivity index (χ0) is 18.7. The third-order valence-electron chi connectivity index (χ3n) is 5.24. The number of carbonyl (C=O) groups is 1. The molecule has 1 aliphatic heterocycles. The minimum Gasteiger partial charge on any atom is -0.353 e. The normalized spacial score (nSPS) is 22.9. The van der Waals surface area contributed by atoms with Crippen LogP contribution < -0.4 is 5.32 Å². The van der Waals surface area contributed by atoms with E-state index in [1.165, 1.54) is 28.9 Å². The molecule has 3 rings (SSSR count). The summed E-state index contributed by atoms with van der Waals surface area (Å²) in [5.41, 5.74) is 0. The molecular formula is C18H24ClFN2O3S. The van der Waals surface area contributed by atoms with Gasteiger partial charge in [-0.05, 0) is 37.8 Å². The van der Waals surface area contributed by atoms with Crippen LogP contribution in [0, 0.1) is 11.7 Å². The van der Waals surface area contributed by atoms with Crippen LogP contribution in [-0.4, -0.2) is 37.8 Å².